The minimum absolute atomic E-state index is 0.0315. The minimum atomic E-state index is -0.354. The second-order valence-corrected chi connectivity index (χ2v) is 10.6. The highest BCUT2D eigenvalue weighted by molar-refractivity contribution is 5.99. The van der Waals surface area contributed by atoms with Crippen molar-refractivity contribution in [3.8, 4) is 0 Å². The molecule has 1 spiro atoms. The summed E-state index contributed by atoms with van der Waals surface area (Å²) in [6.45, 7) is 3.33. The third kappa shape index (κ3) is 4.44. The Morgan fingerprint density at radius 2 is 2.03 bits per heavy atom. The number of hydrogen-bond donors (Lipinski definition) is 3. The number of nitrogens with zero attached hydrogens (tertiary/aromatic N) is 3. The van der Waals surface area contributed by atoms with Crippen molar-refractivity contribution in [3.63, 3.8) is 0 Å². The number of nitrogens with one attached hydrogen (secondary N) is 2. The lowest BCUT2D eigenvalue weighted by atomic mass is 9.86. The first-order valence-electron chi connectivity index (χ1n) is 12.9. The van der Waals surface area contributed by atoms with Gasteiger partial charge in [-0.3, -0.25) is 19.5 Å². The molecule has 4 heterocycles. The number of amides is 2. The predicted octanol–water partition coefficient (Wildman–Crippen LogP) is 1.37. The van der Waals surface area contributed by atoms with Crippen molar-refractivity contribution in [2.24, 2.45) is 0 Å². The number of ether oxygens (including phenoxy) is 1. The molecule has 10 heteroatoms. The smallest absolute Gasteiger partial charge is 0.272 e. The summed E-state index contributed by atoms with van der Waals surface area (Å²) in [6.07, 6.45) is 5.50. The molecule has 0 bridgehead atoms. The van der Waals surface area contributed by atoms with Crippen molar-refractivity contribution in [2.45, 2.75) is 63.2 Å². The van der Waals surface area contributed by atoms with Gasteiger partial charge in [0, 0.05) is 36.6 Å². The van der Waals surface area contributed by atoms with Gasteiger partial charge in [0.25, 0.3) is 17.4 Å². The number of hydrogen-bond acceptors (Lipinski definition) is 6. The third-order valence-corrected chi connectivity index (χ3v) is 8.03. The van der Waals surface area contributed by atoms with E-state index in [4.69, 9.17) is 4.74 Å². The number of aryl methyl sites for hydroxylation is 2. The number of H-pyrrole nitrogens is 1. The number of rotatable bonds is 3. The van der Waals surface area contributed by atoms with Crippen LogP contribution in [0.3, 0.4) is 0 Å². The van der Waals surface area contributed by atoms with E-state index in [1.54, 1.807) is 6.92 Å². The summed E-state index contributed by atoms with van der Waals surface area (Å²) in [4.78, 5) is 44.5. The van der Waals surface area contributed by atoms with Crippen LogP contribution in [-0.4, -0.2) is 73.9 Å². The van der Waals surface area contributed by atoms with E-state index in [1.807, 2.05) is 23.1 Å². The molecule has 2 aliphatic heterocycles. The highest BCUT2D eigenvalue weighted by atomic mass is 16.5. The minimum Gasteiger partial charge on any atom is -0.393 e. The molecule has 1 aliphatic carbocycles. The zero-order valence-corrected chi connectivity index (χ0v) is 20.8. The number of carbonyl (C=O) groups is 2. The Kier molecular flexibility index (Phi) is 5.88. The van der Waals surface area contributed by atoms with Gasteiger partial charge in [-0.25, -0.2) is 9.50 Å². The molecule has 0 radical (unpaired) electrons. The molecule has 3 aromatic rings. The molecule has 3 aliphatic rings. The van der Waals surface area contributed by atoms with Crippen LogP contribution in [0.2, 0.25) is 0 Å². The summed E-state index contributed by atoms with van der Waals surface area (Å²) in [5.41, 5.74) is 3.55. The van der Waals surface area contributed by atoms with Crippen molar-refractivity contribution >= 4 is 17.5 Å². The molecule has 2 amide bonds. The van der Waals surface area contributed by atoms with Gasteiger partial charge in [0.1, 0.15) is 5.56 Å². The van der Waals surface area contributed by atoms with Crippen molar-refractivity contribution < 1.29 is 19.4 Å². The number of benzene rings is 1. The van der Waals surface area contributed by atoms with E-state index < -0.39 is 0 Å². The summed E-state index contributed by atoms with van der Waals surface area (Å²) in [6, 6.07) is 7.09. The van der Waals surface area contributed by atoms with E-state index in [0.717, 1.165) is 24.0 Å². The number of aromatic nitrogens is 3. The van der Waals surface area contributed by atoms with Crippen LogP contribution in [-0.2, 0) is 17.6 Å². The molecule has 37 heavy (non-hydrogen) atoms. The van der Waals surface area contributed by atoms with Crippen LogP contribution in [0.25, 0.3) is 5.65 Å². The standard InChI is InChI=1S/C27H31N5O5/c1-16-10-23(34)32-24(29-16)22(14-28-32)25(35)30-20-13-27(37-15-20)6-8-31(9-7-27)26(36)19-3-2-18-12-21(33)5-4-17(18)11-19/h2-3,10-11,14,20-21,28,33H,4-9,12-13,15H2,1H3,(H,30,35). The van der Waals surface area contributed by atoms with Gasteiger partial charge in [0.05, 0.1) is 24.4 Å². The fraction of sp³-hybridized carbons (Fsp3) is 0.481. The highest BCUT2D eigenvalue weighted by Crippen LogP contribution is 2.36. The van der Waals surface area contributed by atoms with Crippen LogP contribution in [0.1, 0.15) is 63.2 Å². The third-order valence-electron chi connectivity index (χ3n) is 8.03. The first-order valence-corrected chi connectivity index (χ1v) is 12.9. The number of likely N-dealkylation sites (tertiary alicyclic amines) is 1. The molecule has 2 atom stereocenters. The van der Waals surface area contributed by atoms with E-state index in [1.165, 1.54) is 16.8 Å². The average molecular weight is 506 g/mol. The molecule has 194 valence electrons. The van der Waals surface area contributed by atoms with Gasteiger partial charge in [-0.15, -0.1) is 0 Å². The van der Waals surface area contributed by atoms with Crippen LogP contribution >= 0.6 is 0 Å². The summed E-state index contributed by atoms with van der Waals surface area (Å²) < 4.78 is 7.46. The lowest BCUT2D eigenvalue weighted by Gasteiger charge is -2.38. The topological polar surface area (TPSA) is 129 Å². The van der Waals surface area contributed by atoms with Crippen LogP contribution in [0.4, 0.5) is 0 Å². The molecule has 0 saturated carbocycles. The largest absolute Gasteiger partial charge is 0.393 e. The molecule has 3 N–H and O–H groups in total. The quantitative estimate of drug-likeness (QED) is 0.493. The zero-order valence-electron chi connectivity index (χ0n) is 20.8. The van der Waals surface area contributed by atoms with Crippen molar-refractivity contribution in [2.75, 3.05) is 19.7 Å². The number of aliphatic hydroxyl groups excluding tert-OH is 1. The van der Waals surface area contributed by atoms with E-state index in [9.17, 15) is 19.5 Å². The predicted molar refractivity (Wildman–Crippen MR) is 135 cm³/mol. The van der Waals surface area contributed by atoms with Gasteiger partial charge >= 0.3 is 0 Å². The second kappa shape index (κ2) is 9.11. The average Bonchev–Trinajstić information content (AvgIpc) is 3.48. The maximum atomic E-state index is 13.2. The van der Waals surface area contributed by atoms with Crippen molar-refractivity contribution in [1.82, 2.24) is 24.8 Å². The van der Waals surface area contributed by atoms with Gasteiger partial charge in [0.15, 0.2) is 5.65 Å². The maximum Gasteiger partial charge on any atom is 0.272 e. The molecular weight excluding hydrogens is 474 g/mol. The lowest BCUT2D eigenvalue weighted by Crippen LogP contribution is -2.47. The Balaban J connectivity index is 1.07. The number of piperidine rings is 1. The SMILES string of the molecule is Cc1cc(=O)n2[nH]cc(C(=O)NC3COC4(CCN(C(=O)c5ccc6c(c5)CCC(O)C6)CC4)C3)c2n1. The lowest BCUT2D eigenvalue weighted by molar-refractivity contribution is -0.0389. The van der Waals surface area contributed by atoms with E-state index in [2.05, 4.69) is 15.4 Å². The number of fused-ring (bicyclic) bond motifs is 2. The highest BCUT2D eigenvalue weighted by Gasteiger charge is 2.44. The molecule has 2 saturated heterocycles. The number of aromatic amines is 1. The fourth-order valence-electron chi connectivity index (χ4n) is 5.98. The Labute approximate surface area is 213 Å². The Hall–Kier alpha value is -3.50. The van der Waals surface area contributed by atoms with Crippen molar-refractivity contribution in [3.05, 3.63) is 68.8 Å². The van der Waals surface area contributed by atoms with Gasteiger partial charge in [-0.2, -0.15) is 0 Å². The normalized spacial score (nSPS) is 22.8. The zero-order chi connectivity index (χ0) is 25.7. The molecule has 1 aromatic carbocycles. The molecular formula is C27H31N5O5. The van der Waals surface area contributed by atoms with Gasteiger partial charge in [-0.1, -0.05) is 6.07 Å². The van der Waals surface area contributed by atoms with E-state index in [0.29, 0.717) is 67.8 Å². The Morgan fingerprint density at radius 1 is 1.22 bits per heavy atom. The first kappa shape index (κ1) is 23.9. The van der Waals surface area contributed by atoms with Gasteiger partial charge in [-0.05, 0) is 68.7 Å². The molecule has 6 rings (SSSR count). The Morgan fingerprint density at radius 3 is 2.84 bits per heavy atom. The van der Waals surface area contributed by atoms with Crippen LogP contribution < -0.4 is 10.9 Å². The summed E-state index contributed by atoms with van der Waals surface area (Å²) >= 11 is 0. The van der Waals surface area contributed by atoms with Crippen LogP contribution in [0.15, 0.2) is 35.3 Å². The fourth-order valence-corrected chi connectivity index (χ4v) is 5.98. The Bertz CT molecular complexity index is 1430. The molecule has 2 aromatic heterocycles. The summed E-state index contributed by atoms with van der Waals surface area (Å²) in [5.74, 6) is -0.265. The van der Waals surface area contributed by atoms with E-state index in [-0.39, 0.29) is 35.1 Å². The number of aliphatic hydroxyl groups is 1. The summed E-state index contributed by atoms with van der Waals surface area (Å²) in [7, 11) is 0. The first-order chi connectivity index (χ1) is 17.8. The van der Waals surface area contributed by atoms with Gasteiger partial charge < -0.3 is 20.1 Å². The molecule has 10 nitrogen and oxygen atoms in total. The number of carbonyl (C=O) groups excluding carboxylic acids is 2. The van der Waals surface area contributed by atoms with Crippen LogP contribution in [0.5, 0.6) is 0 Å². The van der Waals surface area contributed by atoms with Crippen molar-refractivity contribution in [1.29, 1.82) is 0 Å². The van der Waals surface area contributed by atoms with Gasteiger partial charge in [0.2, 0.25) is 0 Å². The monoisotopic (exact) mass is 505 g/mol. The van der Waals surface area contributed by atoms with E-state index >= 15 is 0 Å². The molecule has 2 fully saturated rings. The second-order valence-electron chi connectivity index (χ2n) is 10.6. The van der Waals surface area contributed by atoms with Crippen LogP contribution in [0, 0.1) is 6.92 Å². The molecule has 2 unspecified atom stereocenters. The maximum absolute atomic E-state index is 13.2. The summed E-state index contributed by atoms with van der Waals surface area (Å²) in [5, 5.41) is 15.7.